The SMILES string of the molecule is COC(=O)c1c(C)[nH]c(C(=O)Nc2ccc(C)c(C)c2)c1C. The van der Waals surface area contributed by atoms with Gasteiger partial charge >= 0.3 is 5.97 Å². The molecule has 0 saturated heterocycles. The molecular weight excluding hydrogens is 280 g/mol. The molecule has 116 valence electrons. The van der Waals surface area contributed by atoms with E-state index in [0.29, 0.717) is 22.5 Å². The van der Waals surface area contributed by atoms with Gasteiger partial charge in [-0.25, -0.2) is 4.79 Å². The van der Waals surface area contributed by atoms with Gasteiger partial charge in [0.25, 0.3) is 5.91 Å². The van der Waals surface area contributed by atoms with Crippen molar-refractivity contribution in [3.63, 3.8) is 0 Å². The number of amides is 1. The highest BCUT2D eigenvalue weighted by Crippen LogP contribution is 2.21. The predicted molar refractivity (Wildman–Crippen MR) is 85.5 cm³/mol. The molecule has 1 amide bonds. The number of methoxy groups -OCH3 is 1. The second-order valence-electron chi connectivity index (χ2n) is 5.37. The molecule has 22 heavy (non-hydrogen) atoms. The average molecular weight is 300 g/mol. The maximum Gasteiger partial charge on any atom is 0.339 e. The van der Waals surface area contributed by atoms with Gasteiger partial charge in [0.05, 0.1) is 12.7 Å². The molecule has 0 fully saturated rings. The summed E-state index contributed by atoms with van der Waals surface area (Å²) in [4.78, 5) is 27.1. The van der Waals surface area contributed by atoms with Crippen LogP contribution in [0.1, 0.15) is 43.2 Å². The van der Waals surface area contributed by atoms with Gasteiger partial charge in [-0.05, 0) is 56.5 Å². The Balaban J connectivity index is 2.30. The molecule has 5 heteroatoms. The number of rotatable bonds is 3. The standard InChI is InChI=1S/C17H20N2O3/c1-9-6-7-13(8-10(9)2)19-16(20)15-11(3)14(12(4)18-15)17(21)22-5/h6-8,18H,1-5H3,(H,19,20). The van der Waals surface area contributed by atoms with Crippen molar-refractivity contribution in [1.82, 2.24) is 4.98 Å². The summed E-state index contributed by atoms with van der Waals surface area (Å²) in [5.41, 5.74) is 4.98. The van der Waals surface area contributed by atoms with E-state index in [1.54, 1.807) is 13.8 Å². The summed E-state index contributed by atoms with van der Waals surface area (Å²) in [6.07, 6.45) is 0. The normalized spacial score (nSPS) is 10.4. The Morgan fingerprint density at radius 3 is 2.36 bits per heavy atom. The first-order valence-electron chi connectivity index (χ1n) is 7.01. The van der Waals surface area contributed by atoms with Crippen molar-refractivity contribution >= 4 is 17.6 Å². The van der Waals surface area contributed by atoms with Gasteiger partial charge < -0.3 is 15.0 Å². The first-order chi connectivity index (χ1) is 10.3. The van der Waals surface area contributed by atoms with Gasteiger partial charge in [-0.15, -0.1) is 0 Å². The third-order valence-corrected chi connectivity index (χ3v) is 3.82. The summed E-state index contributed by atoms with van der Waals surface area (Å²) < 4.78 is 4.75. The van der Waals surface area contributed by atoms with Gasteiger partial charge in [-0.3, -0.25) is 4.79 Å². The number of H-pyrrole nitrogens is 1. The van der Waals surface area contributed by atoms with Crippen LogP contribution in [0.4, 0.5) is 5.69 Å². The molecule has 0 atom stereocenters. The molecular formula is C17H20N2O3. The van der Waals surface area contributed by atoms with E-state index in [0.717, 1.165) is 16.8 Å². The zero-order valence-corrected chi connectivity index (χ0v) is 13.5. The van der Waals surface area contributed by atoms with Crippen molar-refractivity contribution in [2.75, 3.05) is 12.4 Å². The van der Waals surface area contributed by atoms with Crippen LogP contribution < -0.4 is 5.32 Å². The highest BCUT2D eigenvalue weighted by atomic mass is 16.5. The average Bonchev–Trinajstić information content (AvgIpc) is 2.77. The third-order valence-electron chi connectivity index (χ3n) is 3.82. The van der Waals surface area contributed by atoms with Gasteiger partial charge in [0.2, 0.25) is 0 Å². The Kier molecular flexibility index (Phi) is 4.35. The monoisotopic (exact) mass is 300 g/mol. The number of aromatic nitrogens is 1. The van der Waals surface area contributed by atoms with Crippen LogP contribution in [0.5, 0.6) is 0 Å². The number of hydrogen-bond acceptors (Lipinski definition) is 3. The summed E-state index contributed by atoms with van der Waals surface area (Å²) in [5, 5.41) is 2.84. The van der Waals surface area contributed by atoms with Crippen molar-refractivity contribution in [2.24, 2.45) is 0 Å². The lowest BCUT2D eigenvalue weighted by Gasteiger charge is -2.07. The van der Waals surface area contributed by atoms with E-state index < -0.39 is 5.97 Å². The molecule has 0 saturated carbocycles. The number of nitrogens with one attached hydrogen (secondary N) is 2. The Morgan fingerprint density at radius 2 is 1.77 bits per heavy atom. The molecule has 0 bridgehead atoms. The Hall–Kier alpha value is -2.56. The molecule has 0 aliphatic carbocycles. The predicted octanol–water partition coefficient (Wildman–Crippen LogP) is 3.29. The fraction of sp³-hybridized carbons (Fsp3) is 0.294. The number of ether oxygens (including phenoxy) is 1. The largest absolute Gasteiger partial charge is 0.465 e. The third kappa shape index (κ3) is 2.88. The molecule has 2 N–H and O–H groups in total. The quantitative estimate of drug-likeness (QED) is 0.854. The lowest BCUT2D eigenvalue weighted by Crippen LogP contribution is -2.14. The van der Waals surface area contributed by atoms with Gasteiger partial charge in [-0.2, -0.15) is 0 Å². The van der Waals surface area contributed by atoms with Crippen molar-refractivity contribution in [1.29, 1.82) is 0 Å². The minimum Gasteiger partial charge on any atom is -0.465 e. The summed E-state index contributed by atoms with van der Waals surface area (Å²) in [6.45, 7) is 7.48. The first-order valence-corrected chi connectivity index (χ1v) is 7.01. The molecule has 5 nitrogen and oxygen atoms in total. The lowest BCUT2D eigenvalue weighted by atomic mass is 10.1. The number of carbonyl (C=O) groups is 2. The van der Waals surface area contributed by atoms with Crippen LogP contribution in [-0.2, 0) is 4.74 Å². The summed E-state index contributed by atoms with van der Waals surface area (Å²) in [7, 11) is 1.32. The molecule has 0 aliphatic rings. The van der Waals surface area contributed by atoms with Crippen molar-refractivity contribution in [2.45, 2.75) is 27.7 Å². The molecule has 1 aromatic carbocycles. The van der Waals surface area contributed by atoms with Gasteiger partial charge in [0.1, 0.15) is 5.69 Å². The summed E-state index contributed by atoms with van der Waals surface area (Å²) >= 11 is 0. The van der Waals surface area contributed by atoms with E-state index in [9.17, 15) is 9.59 Å². The smallest absolute Gasteiger partial charge is 0.339 e. The molecule has 2 aromatic rings. The van der Waals surface area contributed by atoms with Crippen molar-refractivity contribution < 1.29 is 14.3 Å². The van der Waals surface area contributed by atoms with E-state index in [4.69, 9.17) is 4.74 Å². The fourth-order valence-corrected chi connectivity index (χ4v) is 2.40. The second-order valence-corrected chi connectivity index (χ2v) is 5.37. The van der Waals surface area contributed by atoms with Crippen LogP contribution in [0, 0.1) is 27.7 Å². The molecule has 0 aliphatic heterocycles. The Morgan fingerprint density at radius 1 is 1.09 bits per heavy atom. The minimum atomic E-state index is -0.448. The molecule has 0 unspecified atom stereocenters. The van der Waals surface area contributed by atoms with E-state index in [1.807, 2.05) is 32.0 Å². The topological polar surface area (TPSA) is 71.2 Å². The maximum atomic E-state index is 12.4. The number of benzene rings is 1. The van der Waals surface area contributed by atoms with E-state index in [1.165, 1.54) is 7.11 Å². The van der Waals surface area contributed by atoms with Crippen molar-refractivity contribution in [3.05, 3.63) is 51.8 Å². The first kappa shape index (κ1) is 15.8. The minimum absolute atomic E-state index is 0.279. The second kappa shape index (κ2) is 6.05. The zero-order valence-electron chi connectivity index (χ0n) is 13.5. The van der Waals surface area contributed by atoms with Gasteiger partial charge in [-0.1, -0.05) is 6.07 Å². The summed E-state index contributed by atoms with van der Waals surface area (Å²) in [5.74, 6) is -0.726. The Labute approximate surface area is 129 Å². The van der Waals surface area contributed by atoms with Gasteiger partial charge in [0.15, 0.2) is 0 Å². The van der Waals surface area contributed by atoms with E-state index >= 15 is 0 Å². The van der Waals surface area contributed by atoms with E-state index in [2.05, 4.69) is 10.3 Å². The van der Waals surface area contributed by atoms with Gasteiger partial charge in [0, 0.05) is 11.4 Å². The molecule has 1 aromatic heterocycles. The van der Waals surface area contributed by atoms with Crippen LogP contribution in [0.25, 0.3) is 0 Å². The zero-order chi connectivity index (χ0) is 16.4. The highest BCUT2D eigenvalue weighted by Gasteiger charge is 2.22. The van der Waals surface area contributed by atoms with Crippen molar-refractivity contribution in [3.8, 4) is 0 Å². The number of aryl methyl sites for hydroxylation is 3. The van der Waals surface area contributed by atoms with Crippen LogP contribution in [0.3, 0.4) is 0 Å². The molecule has 0 spiro atoms. The fourth-order valence-electron chi connectivity index (χ4n) is 2.40. The van der Waals surface area contributed by atoms with Crippen LogP contribution in [-0.4, -0.2) is 24.0 Å². The van der Waals surface area contributed by atoms with Crippen LogP contribution in [0.2, 0.25) is 0 Å². The molecule has 1 heterocycles. The summed E-state index contributed by atoms with van der Waals surface area (Å²) in [6, 6.07) is 5.73. The number of anilines is 1. The van der Waals surface area contributed by atoms with Crippen LogP contribution in [0.15, 0.2) is 18.2 Å². The number of carbonyl (C=O) groups excluding carboxylic acids is 2. The van der Waals surface area contributed by atoms with E-state index in [-0.39, 0.29) is 5.91 Å². The lowest BCUT2D eigenvalue weighted by molar-refractivity contribution is 0.0599. The number of aromatic amines is 1. The number of hydrogen-bond donors (Lipinski definition) is 2. The number of esters is 1. The maximum absolute atomic E-state index is 12.4. The molecule has 2 rings (SSSR count). The van der Waals surface area contributed by atoms with Crippen LogP contribution >= 0.6 is 0 Å². The highest BCUT2D eigenvalue weighted by molar-refractivity contribution is 6.06. The Bertz CT molecular complexity index is 745. The molecule has 0 radical (unpaired) electrons.